The van der Waals surface area contributed by atoms with Crippen LogP contribution in [0.5, 0.6) is 0 Å². The zero-order chi connectivity index (χ0) is 23.3. The average molecular weight is 482 g/mol. The summed E-state index contributed by atoms with van der Waals surface area (Å²) < 4.78 is 40.4. The Hall–Kier alpha value is -2.00. The van der Waals surface area contributed by atoms with Crippen molar-refractivity contribution in [3.8, 4) is 0 Å². The van der Waals surface area contributed by atoms with Gasteiger partial charge in [0.15, 0.2) is 9.84 Å². The number of aliphatic hydroxyl groups is 2. The average Bonchev–Trinajstić information content (AvgIpc) is 2.92. The third kappa shape index (κ3) is 3.94. The number of hydrogen-bond acceptors (Lipinski definition) is 5. The minimum atomic E-state index is -3.87. The number of carbonyl (C=O) groups excluding carboxylic acids is 1. The highest BCUT2D eigenvalue weighted by atomic mass is 35.5. The standard InChI is InChI=1S/C23H25ClFNO5S/c1-13-8-17(5-7-20(13)25)26-22(28)14-2-6-19(24)21(9-14)32(30,31)18-10-15-3-4-16(11-18)23(15,29)12-27/h2,5-9,15-16,18,27,29H,3-4,10-12H2,1H3,(H,26,28)/t15-,16?,18?,23?/m0/s1. The van der Waals surface area contributed by atoms with E-state index in [1.807, 2.05) is 0 Å². The monoisotopic (exact) mass is 481 g/mol. The van der Waals surface area contributed by atoms with Crippen LogP contribution in [0.4, 0.5) is 10.1 Å². The number of rotatable bonds is 5. The molecule has 1 amide bonds. The molecule has 0 heterocycles. The number of carbonyl (C=O) groups is 1. The van der Waals surface area contributed by atoms with Gasteiger partial charge in [-0.15, -0.1) is 0 Å². The molecule has 3 unspecified atom stereocenters. The van der Waals surface area contributed by atoms with E-state index in [9.17, 15) is 27.8 Å². The number of hydrogen-bond donors (Lipinski definition) is 3. The van der Waals surface area contributed by atoms with Gasteiger partial charge in [0.05, 0.1) is 27.4 Å². The zero-order valence-corrected chi connectivity index (χ0v) is 19.1. The molecule has 0 radical (unpaired) electrons. The summed E-state index contributed by atoms with van der Waals surface area (Å²) in [6.45, 7) is 1.20. The lowest BCUT2D eigenvalue weighted by molar-refractivity contribution is -0.0943. The number of fused-ring (bicyclic) bond motifs is 2. The normalized spacial score (nSPS) is 27.3. The molecule has 2 bridgehead atoms. The number of amides is 1. The van der Waals surface area contributed by atoms with Crippen LogP contribution in [0.25, 0.3) is 0 Å². The first kappa shape index (κ1) is 23.2. The van der Waals surface area contributed by atoms with E-state index < -0.39 is 32.4 Å². The van der Waals surface area contributed by atoms with Crippen LogP contribution in [0.15, 0.2) is 41.3 Å². The topological polar surface area (TPSA) is 104 Å². The molecule has 0 aromatic heterocycles. The molecule has 6 nitrogen and oxygen atoms in total. The molecule has 172 valence electrons. The van der Waals surface area contributed by atoms with E-state index in [1.54, 1.807) is 6.92 Å². The first-order chi connectivity index (χ1) is 15.1. The quantitative estimate of drug-likeness (QED) is 0.603. The molecule has 0 aliphatic heterocycles. The van der Waals surface area contributed by atoms with Gasteiger partial charge in [0, 0.05) is 11.3 Å². The highest BCUT2D eigenvalue weighted by molar-refractivity contribution is 7.92. The smallest absolute Gasteiger partial charge is 0.255 e. The van der Waals surface area contributed by atoms with Crippen LogP contribution >= 0.6 is 11.6 Å². The zero-order valence-electron chi connectivity index (χ0n) is 17.5. The fourth-order valence-electron chi connectivity index (χ4n) is 5.09. The van der Waals surface area contributed by atoms with Crippen molar-refractivity contribution in [1.29, 1.82) is 0 Å². The predicted octanol–water partition coefficient (Wildman–Crippen LogP) is 3.73. The van der Waals surface area contributed by atoms with Crippen LogP contribution in [-0.4, -0.2) is 42.0 Å². The molecule has 2 aromatic rings. The first-order valence-corrected chi connectivity index (χ1v) is 12.4. The predicted molar refractivity (Wildman–Crippen MR) is 119 cm³/mol. The van der Waals surface area contributed by atoms with Crippen molar-refractivity contribution >= 4 is 33.0 Å². The Morgan fingerprint density at radius 1 is 1.19 bits per heavy atom. The molecule has 0 saturated heterocycles. The summed E-state index contributed by atoms with van der Waals surface area (Å²) in [4.78, 5) is 12.6. The number of benzene rings is 2. The van der Waals surface area contributed by atoms with Crippen molar-refractivity contribution in [3.63, 3.8) is 0 Å². The molecule has 32 heavy (non-hydrogen) atoms. The molecule has 4 atom stereocenters. The minimum absolute atomic E-state index is 0.0227. The van der Waals surface area contributed by atoms with E-state index in [0.29, 0.717) is 24.1 Å². The molecular weight excluding hydrogens is 457 g/mol. The number of anilines is 1. The molecule has 9 heteroatoms. The largest absolute Gasteiger partial charge is 0.393 e. The maximum absolute atomic E-state index is 13.5. The van der Waals surface area contributed by atoms with Crippen LogP contribution < -0.4 is 5.32 Å². The van der Waals surface area contributed by atoms with E-state index in [0.717, 1.165) is 0 Å². The fourth-order valence-corrected chi connectivity index (χ4v) is 7.49. The Bertz CT molecular complexity index is 1150. The summed E-state index contributed by atoms with van der Waals surface area (Å²) in [6, 6.07) is 8.23. The van der Waals surface area contributed by atoms with E-state index in [1.165, 1.54) is 36.4 Å². The molecule has 4 rings (SSSR count). The van der Waals surface area contributed by atoms with Gasteiger partial charge in [-0.2, -0.15) is 0 Å². The second-order valence-corrected chi connectivity index (χ2v) is 11.4. The van der Waals surface area contributed by atoms with Gasteiger partial charge in [-0.3, -0.25) is 4.79 Å². The summed E-state index contributed by atoms with van der Waals surface area (Å²) in [5.74, 6) is -1.52. The lowest BCUT2D eigenvalue weighted by Crippen LogP contribution is -2.50. The van der Waals surface area contributed by atoms with Gasteiger partial charge in [-0.25, -0.2) is 12.8 Å². The Kier molecular flexibility index (Phi) is 6.09. The Labute approximate surface area is 191 Å². The lowest BCUT2D eigenvalue weighted by Gasteiger charge is -2.41. The SMILES string of the molecule is Cc1cc(NC(=O)c2ccc(Cl)c(S(=O)(=O)C3CC4CC[C@@H](C3)C4(O)CO)c2)ccc1F. The third-order valence-corrected chi connectivity index (χ3v) is 9.64. The summed E-state index contributed by atoms with van der Waals surface area (Å²) in [7, 11) is -3.87. The van der Waals surface area contributed by atoms with E-state index in [2.05, 4.69) is 5.32 Å². The molecular formula is C23H25ClFNO5S. The van der Waals surface area contributed by atoms with Crippen LogP contribution in [0.1, 0.15) is 41.6 Å². The van der Waals surface area contributed by atoms with Crippen molar-refractivity contribution in [2.75, 3.05) is 11.9 Å². The van der Waals surface area contributed by atoms with E-state index >= 15 is 0 Å². The number of sulfone groups is 1. The molecule has 2 fully saturated rings. The molecule has 2 aliphatic carbocycles. The van der Waals surface area contributed by atoms with Gasteiger partial charge in [0.2, 0.25) is 0 Å². The van der Waals surface area contributed by atoms with E-state index in [-0.39, 0.29) is 46.8 Å². The van der Waals surface area contributed by atoms with Gasteiger partial charge in [-0.1, -0.05) is 11.6 Å². The maximum Gasteiger partial charge on any atom is 0.255 e. The van der Waals surface area contributed by atoms with Crippen molar-refractivity contribution < 1.29 is 27.8 Å². The summed E-state index contributed by atoms with van der Waals surface area (Å²) in [6.07, 6.45) is 1.80. The van der Waals surface area contributed by atoms with Gasteiger partial charge in [0.25, 0.3) is 5.91 Å². The van der Waals surface area contributed by atoms with Gasteiger partial charge in [0.1, 0.15) is 5.82 Å². The number of halogens is 2. The first-order valence-electron chi connectivity index (χ1n) is 10.5. The second kappa shape index (κ2) is 8.41. The highest BCUT2D eigenvalue weighted by Gasteiger charge is 2.55. The minimum Gasteiger partial charge on any atom is -0.393 e. The van der Waals surface area contributed by atoms with Crippen molar-refractivity contribution in [1.82, 2.24) is 0 Å². The Morgan fingerprint density at radius 3 is 2.44 bits per heavy atom. The second-order valence-electron chi connectivity index (χ2n) is 8.82. The molecule has 2 saturated carbocycles. The van der Waals surface area contributed by atoms with Crippen molar-refractivity contribution in [3.05, 3.63) is 58.4 Å². The summed E-state index contributed by atoms with van der Waals surface area (Å²) in [5, 5.41) is 22.3. The Balaban J connectivity index is 1.59. The lowest BCUT2D eigenvalue weighted by atomic mass is 9.75. The van der Waals surface area contributed by atoms with Crippen LogP contribution in [0.2, 0.25) is 5.02 Å². The summed E-state index contributed by atoms with van der Waals surface area (Å²) in [5.41, 5.74) is -0.358. The van der Waals surface area contributed by atoms with Crippen LogP contribution in [0.3, 0.4) is 0 Å². The number of aliphatic hydroxyl groups excluding tert-OH is 1. The van der Waals surface area contributed by atoms with Gasteiger partial charge in [-0.05, 0) is 86.4 Å². The van der Waals surface area contributed by atoms with Gasteiger partial charge < -0.3 is 15.5 Å². The molecule has 2 aliphatic rings. The molecule has 3 N–H and O–H groups in total. The van der Waals surface area contributed by atoms with E-state index in [4.69, 9.17) is 11.6 Å². The number of aryl methyl sites for hydroxylation is 1. The van der Waals surface area contributed by atoms with Crippen LogP contribution in [-0.2, 0) is 9.84 Å². The highest BCUT2D eigenvalue weighted by Crippen LogP contribution is 2.51. The maximum atomic E-state index is 13.5. The third-order valence-electron chi connectivity index (χ3n) is 6.98. The van der Waals surface area contributed by atoms with Gasteiger partial charge >= 0.3 is 0 Å². The van der Waals surface area contributed by atoms with Crippen molar-refractivity contribution in [2.45, 2.75) is 48.4 Å². The van der Waals surface area contributed by atoms with Crippen molar-refractivity contribution in [2.24, 2.45) is 11.8 Å². The Morgan fingerprint density at radius 2 is 1.84 bits per heavy atom. The summed E-state index contributed by atoms with van der Waals surface area (Å²) >= 11 is 6.23. The number of nitrogens with one attached hydrogen (secondary N) is 1. The molecule has 2 aromatic carbocycles. The van der Waals surface area contributed by atoms with Crippen LogP contribution in [0, 0.1) is 24.6 Å². The fraction of sp³-hybridized carbons (Fsp3) is 0.435. The molecule has 0 spiro atoms.